The number of nitrogens with zero attached hydrogens (tertiary/aromatic N) is 5. The molecule has 0 bridgehead atoms. The molecule has 1 heterocycles. The quantitative estimate of drug-likeness (QED) is 0.208. The van der Waals surface area contributed by atoms with Crippen LogP contribution in [0.2, 0.25) is 78.6 Å². The molecular weight excluding hydrogens is 572 g/mol. The van der Waals surface area contributed by atoms with Crippen molar-refractivity contribution in [2.75, 3.05) is 13.1 Å². The Hall–Kier alpha value is 1.19. The number of rotatable bonds is 7. The molecule has 0 spiro atoms. The molecule has 1 aliphatic rings. The van der Waals surface area contributed by atoms with Crippen molar-refractivity contribution < 1.29 is 32.7 Å². The van der Waals surface area contributed by atoms with Gasteiger partial charge in [0.1, 0.15) is 0 Å². The molecule has 0 atom stereocenters. The molecule has 0 aliphatic carbocycles. The smallest absolute Gasteiger partial charge is 0.00415 e. The zero-order valence-corrected chi connectivity index (χ0v) is 33.8. The van der Waals surface area contributed by atoms with Crippen LogP contribution < -0.4 is 0 Å². The van der Waals surface area contributed by atoms with Gasteiger partial charge in [0.05, 0.1) is 0 Å². The maximum absolute atomic E-state index is 4.82. The average Bonchev–Trinajstić information content (AvgIpc) is 2.87. The van der Waals surface area contributed by atoms with Gasteiger partial charge in [-0.2, -0.15) is 6.67 Å². The van der Waals surface area contributed by atoms with Crippen molar-refractivity contribution in [3.8, 4) is 0 Å². The third kappa shape index (κ3) is 31.3. The largest absolute Gasteiger partial charge is 0.668 e. The third-order valence-corrected chi connectivity index (χ3v) is 14.5. The summed E-state index contributed by atoms with van der Waals surface area (Å²) in [5.74, 6) is 0. The van der Waals surface area contributed by atoms with Crippen molar-refractivity contribution in [3.63, 3.8) is 0 Å². The van der Waals surface area contributed by atoms with Gasteiger partial charge in [-0.05, 0) is 39.7 Å². The first-order valence-corrected chi connectivity index (χ1v) is 26.6. The molecule has 0 aromatic rings. The molecule has 0 unspecified atom stereocenters. The van der Waals surface area contributed by atoms with Crippen LogP contribution in [0.25, 0.3) is 14.6 Å². The van der Waals surface area contributed by atoms with E-state index in [0.717, 1.165) is 13.1 Å². The summed E-state index contributed by atoms with van der Waals surface area (Å²) in [6.07, 6.45) is 4.24. The zero-order chi connectivity index (χ0) is 27.8. The first kappa shape index (κ1) is 40.7. The molecular formula is C25H61N5Si4Y-4. The second-order valence-corrected chi connectivity index (χ2v) is 34.3. The molecule has 0 aromatic heterocycles. The Morgan fingerprint density at radius 3 is 1.17 bits per heavy atom. The molecule has 35 heavy (non-hydrogen) atoms. The summed E-state index contributed by atoms with van der Waals surface area (Å²) >= 11 is 0. The van der Waals surface area contributed by atoms with Gasteiger partial charge in [-0.25, -0.2) is 0 Å². The molecule has 0 saturated heterocycles. The molecule has 0 amide bonds. The summed E-state index contributed by atoms with van der Waals surface area (Å²) in [5, 5.41) is 4.59. The predicted octanol–water partition coefficient (Wildman–Crippen LogP) is 9.22. The molecule has 0 fully saturated rings. The Kier molecular flexibility index (Phi) is 18.2. The van der Waals surface area contributed by atoms with Gasteiger partial charge >= 0.3 is 0 Å². The molecule has 5 nitrogen and oxygen atoms in total. The summed E-state index contributed by atoms with van der Waals surface area (Å²) in [7, 11) is -4.42. The van der Waals surface area contributed by atoms with E-state index in [1.807, 2.05) is 0 Å². The minimum atomic E-state index is -1.11. The van der Waals surface area contributed by atoms with Crippen molar-refractivity contribution in [2.24, 2.45) is 0 Å². The minimum absolute atomic E-state index is 0. The van der Waals surface area contributed by atoms with E-state index in [0.29, 0.717) is 0 Å². The Labute approximate surface area is 251 Å². The monoisotopic (exact) mass is 632 g/mol. The van der Waals surface area contributed by atoms with Gasteiger partial charge in [0.25, 0.3) is 0 Å². The summed E-state index contributed by atoms with van der Waals surface area (Å²) in [6, 6.07) is 0. The van der Waals surface area contributed by atoms with Crippen LogP contribution in [0.5, 0.6) is 0 Å². The van der Waals surface area contributed by atoms with Crippen molar-refractivity contribution in [1.82, 2.24) is 9.80 Å². The molecule has 209 valence electrons. The topological polar surface area (TPSA) is 48.8 Å². The van der Waals surface area contributed by atoms with E-state index in [1.165, 1.54) is 0 Å². The van der Waals surface area contributed by atoms with Crippen LogP contribution in [0, 0.1) is 6.67 Å². The van der Waals surface area contributed by atoms with Crippen molar-refractivity contribution in [1.29, 1.82) is 0 Å². The van der Waals surface area contributed by atoms with Gasteiger partial charge < -0.3 is 24.4 Å². The second-order valence-electron chi connectivity index (χ2n) is 15.2. The van der Waals surface area contributed by atoms with Gasteiger partial charge in [-0.15, -0.1) is 12.1 Å². The van der Waals surface area contributed by atoms with E-state index in [4.69, 9.17) is 9.30 Å². The van der Waals surface area contributed by atoms with Gasteiger partial charge in [0.15, 0.2) is 0 Å². The first-order chi connectivity index (χ1) is 14.6. The summed E-state index contributed by atoms with van der Waals surface area (Å²) in [6.45, 7) is 44.6. The number of hydrogen-bond donors (Lipinski definition) is 0. The van der Waals surface area contributed by atoms with Crippen LogP contribution in [0.3, 0.4) is 0 Å². The van der Waals surface area contributed by atoms with Gasteiger partial charge in [-0.1, -0.05) is 132 Å². The molecule has 10 heteroatoms. The predicted molar refractivity (Wildman–Crippen MR) is 170 cm³/mol. The van der Waals surface area contributed by atoms with Crippen molar-refractivity contribution >= 4 is 32.9 Å². The zero-order valence-electron chi connectivity index (χ0n) is 27.0. The third-order valence-electron chi connectivity index (χ3n) is 3.75. The van der Waals surface area contributed by atoms with Crippen LogP contribution in [0.4, 0.5) is 0 Å². The average molecular weight is 633 g/mol. The molecule has 0 aromatic carbocycles. The maximum atomic E-state index is 4.82. The summed E-state index contributed by atoms with van der Waals surface area (Å²) < 4.78 is 9.64. The van der Waals surface area contributed by atoms with E-state index in [9.17, 15) is 0 Å². The normalized spacial score (nSPS) is 15.1. The standard InChI is InChI=1S/C13H25N3.2C6H18NSi2.Y/c1-12(2,3)14-7-8-15-9-10-16(11-15)13(4,5)6;2*1-8(2,3)7-9(4,5)6;/h9-11H,7-8H2,1-6H3;2*1-6H3;/q-2;2*-1;. The SMILES string of the molecule is CC(C)(C)[N-]CCN1C=CN(C(C)(C)C)[CH-]1.C[Si](C)(C)[N-][Si](C)(C)C.C[Si](C)(C)[N-][Si](C)(C)C.[Y]. The van der Waals surface area contributed by atoms with E-state index >= 15 is 0 Å². The van der Waals surface area contributed by atoms with Crippen molar-refractivity contribution in [2.45, 2.75) is 131 Å². The first-order valence-electron chi connectivity index (χ1n) is 12.8. The van der Waals surface area contributed by atoms with E-state index in [1.54, 1.807) is 0 Å². The van der Waals surface area contributed by atoms with E-state index in [-0.39, 0.29) is 43.8 Å². The van der Waals surface area contributed by atoms with Gasteiger partial charge in [0, 0.05) is 38.2 Å². The Balaban J connectivity index is -0.000000466. The maximum Gasteiger partial charge on any atom is 0.00415 e. The van der Waals surface area contributed by atoms with Crippen LogP contribution in [0.15, 0.2) is 12.4 Å². The molecule has 0 N–H and O–H groups in total. The van der Waals surface area contributed by atoms with Crippen LogP contribution in [-0.4, -0.2) is 66.9 Å². The number of hydrogen-bond acceptors (Lipinski definition) is 2. The van der Waals surface area contributed by atoms with Crippen LogP contribution in [-0.2, 0) is 32.7 Å². The van der Waals surface area contributed by atoms with E-state index < -0.39 is 32.9 Å². The van der Waals surface area contributed by atoms with E-state index in [2.05, 4.69) is 154 Å². The van der Waals surface area contributed by atoms with Crippen LogP contribution >= 0.6 is 0 Å². The Bertz CT molecular complexity index is 540. The molecule has 1 rings (SSSR count). The molecule has 0 saturated carbocycles. The Morgan fingerprint density at radius 1 is 0.629 bits per heavy atom. The Morgan fingerprint density at radius 2 is 0.971 bits per heavy atom. The van der Waals surface area contributed by atoms with Gasteiger partial charge in [0.2, 0.25) is 0 Å². The van der Waals surface area contributed by atoms with Gasteiger partial charge in [-0.3, -0.25) is 0 Å². The van der Waals surface area contributed by atoms with Crippen LogP contribution in [0.1, 0.15) is 41.5 Å². The molecule has 1 radical (unpaired) electrons. The fraction of sp³-hybridized carbons (Fsp3) is 0.880. The van der Waals surface area contributed by atoms with Crippen molar-refractivity contribution in [3.05, 3.63) is 33.7 Å². The molecule has 1 aliphatic heterocycles. The summed E-state index contributed by atoms with van der Waals surface area (Å²) in [4.78, 5) is 4.42. The fourth-order valence-corrected chi connectivity index (χ4v) is 19.5. The second kappa shape index (κ2) is 15.7. The minimum Gasteiger partial charge on any atom is -0.668 e. The summed E-state index contributed by atoms with van der Waals surface area (Å²) in [5.41, 5.74) is 0.236. The fourth-order valence-electron chi connectivity index (χ4n) is 3.44.